The summed E-state index contributed by atoms with van der Waals surface area (Å²) in [4.78, 5) is 8.58. The van der Waals surface area contributed by atoms with Gasteiger partial charge in [-0.3, -0.25) is 4.99 Å². The van der Waals surface area contributed by atoms with Crippen molar-refractivity contribution in [3.05, 3.63) is 47.5 Å². The van der Waals surface area contributed by atoms with Crippen molar-refractivity contribution < 1.29 is 0 Å². The Balaban J connectivity index is 0.00000208. The molecule has 1 unspecified atom stereocenters. The van der Waals surface area contributed by atoms with Gasteiger partial charge in [-0.25, -0.2) is 9.67 Å². The van der Waals surface area contributed by atoms with Gasteiger partial charge in [0.2, 0.25) is 0 Å². The number of aryl methyl sites for hydroxylation is 2. The number of fused-ring (bicyclic) bond motifs is 1. The third-order valence-electron chi connectivity index (χ3n) is 4.20. The number of hydrogen-bond acceptors (Lipinski definition) is 3. The SMILES string of the molecule is CN=C(NCCc1ccc(C)cc1)NC1CCc2ncnn2C1.I. The van der Waals surface area contributed by atoms with Gasteiger partial charge in [-0.15, -0.1) is 24.0 Å². The molecule has 0 bridgehead atoms. The first-order valence-electron chi connectivity index (χ1n) is 8.14. The first kappa shape index (κ1) is 18.7. The number of nitrogens with one attached hydrogen (secondary N) is 2. The molecule has 7 heteroatoms. The Bertz CT molecular complexity index is 664. The molecule has 1 aliphatic heterocycles. The molecule has 0 radical (unpaired) electrons. The van der Waals surface area contributed by atoms with E-state index in [0.29, 0.717) is 6.04 Å². The van der Waals surface area contributed by atoms with E-state index >= 15 is 0 Å². The van der Waals surface area contributed by atoms with E-state index in [2.05, 4.69) is 56.9 Å². The molecular weight excluding hydrogens is 415 g/mol. The van der Waals surface area contributed by atoms with Crippen molar-refractivity contribution in [3.63, 3.8) is 0 Å². The molecule has 0 saturated heterocycles. The van der Waals surface area contributed by atoms with Gasteiger partial charge < -0.3 is 10.6 Å². The van der Waals surface area contributed by atoms with Gasteiger partial charge in [0.1, 0.15) is 12.2 Å². The Hall–Kier alpha value is -1.64. The Kier molecular flexibility index (Phi) is 7.01. The molecule has 1 aromatic carbocycles. The summed E-state index contributed by atoms with van der Waals surface area (Å²) in [6.45, 7) is 3.82. The molecule has 130 valence electrons. The molecule has 2 aromatic rings. The number of benzene rings is 1. The van der Waals surface area contributed by atoms with E-state index in [-0.39, 0.29) is 24.0 Å². The van der Waals surface area contributed by atoms with Crippen molar-refractivity contribution in [1.29, 1.82) is 0 Å². The lowest BCUT2D eigenvalue weighted by molar-refractivity contribution is 0.393. The molecule has 0 spiro atoms. The number of nitrogens with zero attached hydrogens (tertiary/aromatic N) is 4. The molecule has 2 heterocycles. The minimum absolute atomic E-state index is 0. The van der Waals surface area contributed by atoms with E-state index in [1.165, 1.54) is 11.1 Å². The average Bonchev–Trinajstić information content (AvgIpc) is 3.03. The summed E-state index contributed by atoms with van der Waals surface area (Å²) < 4.78 is 1.97. The van der Waals surface area contributed by atoms with E-state index in [0.717, 1.165) is 44.1 Å². The summed E-state index contributed by atoms with van der Waals surface area (Å²) in [7, 11) is 1.81. The van der Waals surface area contributed by atoms with E-state index in [1.807, 2.05) is 11.7 Å². The Morgan fingerprint density at radius 3 is 2.88 bits per heavy atom. The normalized spacial score (nSPS) is 16.9. The van der Waals surface area contributed by atoms with Crippen molar-refractivity contribution in [2.45, 2.75) is 38.8 Å². The van der Waals surface area contributed by atoms with Crippen LogP contribution in [0.4, 0.5) is 0 Å². The quantitative estimate of drug-likeness (QED) is 0.433. The van der Waals surface area contributed by atoms with Crippen molar-refractivity contribution >= 4 is 29.9 Å². The molecule has 3 rings (SSSR count). The highest BCUT2D eigenvalue weighted by Crippen LogP contribution is 2.11. The summed E-state index contributed by atoms with van der Waals surface area (Å²) in [6, 6.07) is 9.01. The summed E-state index contributed by atoms with van der Waals surface area (Å²) in [6.07, 6.45) is 4.63. The molecule has 0 aliphatic carbocycles. The zero-order chi connectivity index (χ0) is 16.1. The summed E-state index contributed by atoms with van der Waals surface area (Å²) >= 11 is 0. The summed E-state index contributed by atoms with van der Waals surface area (Å²) in [5.74, 6) is 1.93. The van der Waals surface area contributed by atoms with Gasteiger partial charge >= 0.3 is 0 Å². The van der Waals surface area contributed by atoms with Crippen molar-refractivity contribution in [2.75, 3.05) is 13.6 Å². The molecule has 24 heavy (non-hydrogen) atoms. The van der Waals surface area contributed by atoms with E-state index in [9.17, 15) is 0 Å². The molecule has 2 N–H and O–H groups in total. The van der Waals surface area contributed by atoms with Crippen LogP contribution in [-0.4, -0.2) is 40.4 Å². The van der Waals surface area contributed by atoms with Crippen LogP contribution in [0.5, 0.6) is 0 Å². The molecule has 1 atom stereocenters. The largest absolute Gasteiger partial charge is 0.356 e. The van der Waals surface area contributed by atoms with Gasteiger partial charge in [0, 0.05) is 26.1 Å². The molecule has 1 aliphatic rings. The van der Waals surface area contributed by atoms with Crippen LogP contribution in [0.15, 0.2) is 35.6 Å². The van der Waals surface area contributed by atoms with Gasteiger partial charge in [0.15, 0.2) is 5.96 Å². The number of guanidine groups is 1. The molecule has 6 nitrogen and oxygen atoms in total. The fourth-order valence-electron chi connectivity index (χ4n) is 2.82. The van der Waals surface area contributed by atoms with Crippen molar-refractivity contribution in [3.8, 4) is 0 Å². The number of aliphatic imine (C=N–C) groups is 1. The highest BCUT2D eigenvalue weighted by atomic mass is 127. The van der Waals surface area contributed by atoms with Crippen LogP contribution in [0, 0.1) is 6.92 Å². The molecular formula is C17H25IN6. The number of aromatic nitrogens is 3. The second kappa shape index (κ2) is 9.00. The van der Waals surface area contributed by atoms with Crippen LogP contribution in [-0.2, 0) is 19.4 Å². The standard InChI is InChI=1S/C17H24N6.HI/c1-13-3-5-14(6-4-13)9-10-19-17(18-2)22-15-7-8-16-20-12-21-23(16)11-15;/h3-6,12,15H,7-11H2,1-2H3,(H2,18,19,22);1H. The van der Waals surface area contributed by atoms with Crippen molar-refractivity contribution in [2.24, 2.45) is 4.99 Å². The van der Waals surface area contributed by atoms with Crippen molar-refractivity contribution in [1.82, 2.24) is 25.4 Å². The highest BCUT2D eigenvalue weighted by Gasteiger charge is 2.20. The number of hydrogen-bond donors (Lipinski definition) is 2. The Labute approximate surface area is 160 Å². The van der Waals surface area contributed by atoms with E-state index in [4.69, 9.17) is 0 Å². The molecule has 0 amide bonds. The van der Waals surface area contributed by atoms with Crippen LogP contribution in [0.3, 0.4) is 0 Å². The van der Waals surface area contributed by atoms with Gasteiger partial charge in [0.05, 0.1) is 6.54 Å². The first-order chi connectivity index (χ1) is 11.2. The topological polar surface area (TPSA) is 67.1 Å². The van der Waals surface area contributed by atoms with Crippen LogP contribution in [0.25, 0.3) is 0 Å². The zero-order valence-corrected chi connectivity index (χ0v) is 16.5. The maximum atomic E-state index is 4.32. The smallest absolute Gasteiger partial charge is 0.191 e. The minimum atomic E-state index is 0. The van der Waals surface area contributed by atoms with Gasteiger partial charge in [0.25, 0.3) is 0 Å². The fourth-order valence-corrected chi connectivity index (χ4v) is 2.82. The van der Waals surface area contributed by atoms with Gasteiger partial charge in [-0.1, -0.05) is 29.8 Å². The summed E-state index contributed by atoms with van der Waals surface area (Å²) in [5, 5.41) is 11.1. The monoisotopic (exact) mass is 440 g/mol. The fraction of sp³-hybridized carbons (Fsp3) is 0.471. The van der Waals surface area contributed by atoms with Crippen LogP contribution in [0.2, 0.25) is 0 Å². The van der Waals surface area contributed by atoms with Crippen LogP contribution in [0.1, 0.15) is 23.4 Å². The predicted octanol–water partition coefficient (Wildman–Crippen LogP) is 1.93. The van der Waals surface area contributed by atoms with E-state index < -0.39 is 0 Å². The minimum Gasteiger partial charge on any atom is -0.356 e. The van der Waals surface area contributed by atoms with Crippen LogP contribution >= 0.6 is 24.0 Å². The first-order valence-corrected chi connectivity index (χ1v) is 8.14. The zero-order valence-electron chi connectivity index (χ0n) is 14.2. The van der Waals surface area contributed by atoms with E-state index in [1.54, 1.807) is 6.33 Å². The lowest BCUT2D eigenvalue weighted by Gasteiger charge is -2.25. The van der Waals surface area contributed by atoms with Gasteiger partial charge in [-0.05, 0) is 25.3 Å². The third kappa shape index (κ3) is 4.93. The molecule has 0 saturated carbocycles. The summed E-state index contributed by atoms with van der Waals surface area (Å²) in [5.41, 5.74) is 2.63. The number of halogens is 1. The maximum Gasteiger partial charge on any atom is 0.191 e. The second-order valence-corrected chi connectivity index (χ2v) is 5.97. The van der Waals surface area contributed by atoms with Crippen LogP contribution < -0.4 is 10.6 Å². The lowest BCUT2D eigenvalue weighted by atomic mass is 10.1. The number of rotatable bonds is 4. The molecule has 0 fully saturated rings. The maximum absolute atomic E-state index is 4.32. The van der Waals surface area contributed by atoms with Gasteiger partial charge in [-0.2, -0.15) is 5.10 Å². The molecule has 1 aromatic heterocycles. The average molecular weight is 440 g/mol. The highest BCUT2D eigenvalue weighted by molar-refractivity contribution is 14.0. The third-order valence-corrected chi connectivity index (χ3v) is 4.20. The predicted molar refractivity (Wildman–Crippen MR) is 107 cm³/mol. The second-order valence-electron chi connectivity index (χ2n) is 5.97. The Morgan fingerprint density at radius 1 is 1.33 bits per heavy atom. The Morgan fingerprint density at radius 2 is 2.12 bits per heavy atom. The lowest BCUT2D eigenvalue weighted by Crippen LogP contribution is -2.47.